The standard InChI is InChI=1S/C27H34N4O4/c32-25(30-23-9-4-6-20(16-23)26(33)29-17-24-10-5-15-35-24)18-28-21-13-11-19(12-14-21)27(34)31-22-7-2-1-3-8-22/h4,6,9,11-14,16,22,24,28H,1-3,5,7-8,10,15,17-18H2,(H,29,33)(H,30,32)(H,31,34). The van der Waals surface area contributed by atoms with Gasteiger partial charge in [0.1, 0.15) is 0 Å². The Morgan fingerprint density at radius 1 is 0.829 bits per heavy atom. The van der Waals surface area contributed by atoms with E-state index in [2.05, 4.69) is 21.3 Å². The lowest BCUT2D eigenvalue weighted by Crippen LogP contribution is -2.36. The molecule has 0 spiro atoms. The van der Waals surface area contributed by atoms with Crippen LogP contribution in [0.5, 0.6) is 0 Å². The monoisotopic (exact) mass is 478 g/mol. The van der Waals surface area contributed by atoms with E-state index in [4.69, 9.17) is 4.74 Å². The molecule has 0 bridgehead atoms. The quantitative estimate of drug-likeness (QED) is 0.439. The topological polar surface area (TPSA) is 109 Å². The minimum atomic E-state index is -0.235. The first-order chi connectivity index (χ1) is 17.1. The summed E-state index contributed by atoms with van der Waals surface area (Å²) in [5.41, 5.74) is 2.39. The van der Waals surface area contributed by atoms with Gasteiger partial charge in [-0.25, -0.2) is 0 Å². The van der Waals surface area contributed by atoms with E-state index in [1.807, 2.05) is 0 Å². The van der Waals surface area contributed by atoms with Crippen molar-refractivity contribution in [1.29, 1.82) is 0 Å². The van der Waals surface area contributed by atoms with E-state index < -0.39 is 0 Å². The van der Waals surface area contributed by atoms with Crippen molar-refractivity contribution >= 4 is 29.1 Å². The lowest BCUT2D eigenvalue weighted by Gasteiger charge is -2.22. The van der Waals surface area contributed by atoms with E-state index in [1.165, 1.54) is 19.3 Å². The van der Waals surface area contributed by atoms with Crippen LogP contribution in [0.1, 0.15) is 65.7 Å². The number of benzene rings is 2. The van der Waals surface area contributed by atoms with Gasteiger partial charge in [0, 0.05) is 41.7 Å². The van der Waals surface area contributed by atoms with Crippen LogP contribution >= 0.6 is 0 Å². The molecule has 4 rings (SSSR count). The van der Waals surface area contributed by atoms with Gasteiger partial charge in [-0.1, -0.05) is 25.3 Å². The van der Waals surface area contributed by atoms with Crippen molar-refractivity contribution in [3.05, 3.63) is 59.7 Å². The second-order valence-corrected chi connectivity index (χ2v) is 9.21. The molecule has 8 nitrogen and oxygen atoms in total. The van der Waals surface area contributed by atoms with Crippen LogP contribution in [0.2, 0.25) is 0 Å². The molecule has 4 N–H and O–H groups in total. The lowest BCUT2D eigenvalue weighted by molar-refractivity contribution is -0.114. The number of hydrogen-bond acceptors (Lipinski definition) is 5. The molecule has 0 radical (unpaired) electrons. The van der Waals surface area contributed by atoms with Crippen LogP contribution in [0.25, 0.3) is 0 Å². The van der Waals surface area contributed by atoms with Crippen molar-refractivity contribution in [2.24, 2.45) is 0 Å². The predicted molar refractivity (Wildman–Crippen MR) is 136 cm³/mol. The molecule has 1 aliphatic heterocycles. The van der Waals surface area contributed by atoms with Crippen molar-refractivity contribution in [2.75, 3.05) is 30.3 Å². The molecular formula is C27H34N4O4. The van der Waals surface area contributed by atoms with Gasteiger partial charge in [0.2, 0.25) is 5.91 Å². The SMILES string of the molecule is O=C(CNc1ccc(C(=O)NC2CCCCC2)cc1)Nc1cccc(C(=O)NCC2CCCO2)c1. The van der Waals surface area contributed by atoms with Gasteiger partial charge >= 0.3 is 0 Å². The molecular weight excluding hydrogens is 444 g/mol. The third-order valence-corrected chi connectivity index (χ3v) is 6.46. The van der Waals surface area contributed by atoms with Gasteiger partial charge in [-0.3, -0.25) is 14.4 Å². The molecule has 1 saturated heterocycles. The Balaban J connectivity index is 1.21. The van der Waals surface area contributed by atoms with Crippen LogP contribution in [-0.4, -0.2) is 49.6 Å². The minimum Gasteiger partial charge on any atom is -0.376 e. The number of rotatable bonds is 9. The van der Waals surface area contributed by atoms with Crippen LogP contribution < -0.4 is 21.3 Å². The van der Waals surface area contributed by atoms with Crippen molar-refractivity contribution in [3.8, 4) is 0 Å². The summed E-state index contributed by atoms with van der Waals surface area (Å²) in [6, 6.07) is 14.2. The molecule has 8 heteroatoms. The molecule has 1 heterocycles. The van der Waals surface area contributed by atoms with Gasteiger partial charge in [-0.05, 0) is 68.1 Å². The normalized spacial score (nSPS) is 18.0. The summed E-state index contributed by atoms with van der Waals surface area (Å²) < 4.78 is 5.53. The highest BCUT2D eigenvalue weighted by Gasteiger charge is 2.18. The zero-order valence-electron chi connectivity index (χ0n) is 20.0. The second-order valence-electron chi connectivity index (χ2n) is 9.21. The summed E-state index contributed by atoms with van der Waals surface area (Å²) in [7, 11) is 0. The fourth-order valence-electron chi connectivity index (χ4n) is 4.49. The van der Waals surface area contributed by atoms with E-state index in [1.54, 1.807) is 48.5 Å². The Morgan fingerprint density at radius 2 is 1.63 bits per heavy atom. The van der Waals surface area contributed by atoms with Gasteiger partial charge < -0.3 is 26.0 Å². The molecule has 186 valence electrons. The van der Waals surface area contributed by atoms with Gasteiger partial charge in [-0.15, -0.1) is 0 Å². The van der Waals surface area contributed by atoms with Crippen LogP contribution in [0.15, 0.2) is 48.5 Å². The predicted octanol–water partition coefficient (Wildman–Crippen LogP) is 3.71. The number of nitrogens with one attached hydrogen (secondary N) is 4. The van der Waals surface area contributed by atoms with Gasteiger partial charge in [-0.2, -0.15) is 0 Å². The smallest absolute Gasteiger partial charge is 0.251 e. The Kier molecular flexibility index (Phi) is 8.73. The van der Waals surface area contributed by atoms with Crippen molar-refractivity contribution in [2.45, 2.75) is 57.1 Å². The first kappa shape index (κ1) is 24.7. The van der Waals surface area contributed by atoms with E-state index >= 15 is 0 Å². The third-order valence-electron chi connectivity index (χ3n) is 6.46. The third kappa shape index (κ3) is 7.55. The number of ether oxygens (including phenoxy) is 1. The van der Waals surface area contributed by atoms with E-state index in [0.717, 1.165) is 38.0 Å². The summed E-state index contributed by atoms with van der Waals surface area (Å²) in [6.07, 6.45) is 7.74. The molecule has 3 amide bonds. The summed E-state index contributed by atoms with van der Waals surface area (Å²) in [5, 5.41) is 11.9. The molecule has 0 aromatic heterocycles. The number of hydrogen-bond donors (Lipinski definition) is 4. The highest BCUT2D eigenvalue weighted by atomic mass is 16.5. The number of carbonyl (C=O) groups is 3. The largest absolute Gasteiger partial charge is 0.376 e. The summed E-state index contributed by atoms with van der Waals surface area (Å²) in [5.74, 6) is -0.482. The van der Waals surface area contributed by atoms with Gasteiger partial charge in [0.15, 0.2) is 0 Å². The fourth-order valence-corrected chi connectivity index (χ4v) is 4.49. The van der Waals surface area contributed by atoms with Gasteiger partial charge in [0.25, 0.3) is 11.8 Å². The van der Waals surface area contributed by atoms with Crippen molar-refractivity contribution in [3.63, 3.8) is 0 Å². The van der Waals surface area contributed by atoms with E-state index in [0.29, 0.717) is 23.4 Å². The zero-order valence-corrected chi connectivity index (χ0v) is 20.0. The fraction of sp³-hybridized carbons (Fsp3) is 0.444. The lowest BCUT2D eigenvalue weighted by atomic mass is 9.95. The van der Waals surface area contributed by atoms with Crippen molar-refractivity contribution < 1.29 is 19.1 Å². The Labute approximate surface area is 206 Å². The van der Waals surface area contributed by atoms with Crippen molar-refractivity contribution in [1.82, 2.24) is 10.6 Å². The number of anilines is 2. The maximum Gasteiger partial charge on any atom is 0.251 e. The van der Waals surface area contributed by atoms with Crippen LogP contribution in [0.3, 0.4) is 0 Å². The molecule has 2 aromatic rings. The van der Waals surface area contributed by atoms with E-state index in [9.17, 15) is 14.4 Å². The molecule has 1 atom stereocenters. The highest BCUT2D eigenvalue weighted by Crippen LogP contribution is 2.18. The minimum absolute atomic E-state index is 0.0547. The number of amides is 3. The molecule has 1 unspecified atom stereocenters. The maximum absolute atomic E-state index is 12.4. The Bertz CT molecular complexity index is 1010. The zero-order chi connectivity index (χ0) is 24.5. The second kappa shape index (κ2) is 12.4. The highest BCUT2D eigenvalue weighted by molar-refractivity contribution is 5.98. The van der Waals surface area contributed by atoms with Crippen LogP contribution in [0, 0.1) is 0 Å². The van der Waals surface area contributed by atoms with Gasteiger partial charge in [0.05, 0.1) is 12.6 Å². The Hall–Kier alpha value is -3.39. The first-order valence-corrected chi connectivity index (χ1v) is 12.5. The van der Waals surface area contributed by atoms with E-state index in [-0.39, 0.29) is 36.4 Å². The average molecular weight is 479 g/mol. The molecule has 2 aliphatic rings. The first-order valence-electron chi connectivity index (χ1n) is 12.5. The molecule has 35 heavy (non-hydrogen) atoms. The molecule has 1 aliphatic carbocycles. The number of carbonyl (C=O) groups excluding carboxylic acids is 3. The molecule has 1 saturated carbocycles. The molecule has 2 aromatic carbocycles. The summed E-state index contributed by atoms with van der Waals surface area (Å²) >= 11 is 0. The van der Waals surface area contributed by atoms with Crippen LogP contribution in [0.4, 0.5) is 11.4 Å². The average Bonchev–Trinajstić information content (AvgIpc) is 3.41. The Morgan fingerprint density at radius 3 is 2.37 bits per heavy atom. The van der Waals surface area contributed by atoms with Crippen LogP contribution in [-0.2, 0) is 9.53 Å². The maximum atomic E-state index is 12.4. The molecule has 2 fully saturated rings. The summed E-state index contributed by atoms with van der Waals surface area (Å²) in [6.45, 7) is 1.29. The summed E-state index contributed by atoms with van der Waals surface area (Å²) in [4.78, 5) is 37.3.